The summed E-state index contributed by atoms with van der Waals surface area (Å²) in [4.78, 5) is 30.3. The van der Waals surface area contributed by atoms with Gasteiger partial charge in [0, 0.05) is 11.0 Å². The lowest BCUT2D eigenvalue weighted by Crippen LogP contribution is -2.32. The number of para-hydroxylation sites is 1. The molecule has 0 spiro atoms. The minimum Gasteiger partial charge on any atom is -0.450 e. The van der Waals surface area contributed by atoms with E-state index in [0.717, 1.165) is 23.0 Å². The van der Waals surface area contributed by atoms with Crippen molar-refractivity contribution in [1.82, 2.24) is 9.80 Å². The van der Waals surface area contributed by atoms with Crippen molar-refractivity contribution >= 4 is 32.8 Å². The molecule has 0 N–H and O–H groups in total. The van der Waals surface area contributed by atoms with Gasteiger partial charge < -0.3 is 14.2 Å². The predicted octanol–water partition coefficient (Wildman–Crippen LogP) is 4.05. The van der Waals surface area contributed by atoms with Crippen molar-refractivity contribution in [2.45, 2.75) is 12.5 Å². The van der Waals surface area contributed by atoms with Gasteiger partial charge in [-0.2, -0.15) is 0 Å². The van der Waals surface area contributed by atoms with E-state index in [1.165, 1.54) is 0 Å². The fourth-order valence-corrected chi connectivity index (χ4v) is 4.01. The second-order valence-electron chi connectivity index (χ2n) is 7.28. The highest BCUT2D eigenvalue weighted by Gasteiger charge is 2.42. The smallest absolute Gasteiger partial charge is 0.290 e. The summed E-state index contributed by atoms with van der Waals surface area (Å²) in [5.41, 5.74) is 1.66. The van der Waals surface area contributed by atoms with Gasteiger partial charge in [0.05, 0.1) is 17.0 Å². The van der Waals surface area contributed by atoms with Gasteiger partial charge in [-0.05, 0) is 56.9 Å². The van der Waals surface area contributed by atoms with E-state index in [-0.39, 0.29) is 17.1 Å². The lowest BCUT2D eigenvalue weighted by atomic mass is 9.98. The molecule has 6 heteroatoms. The van der Waals surface area contributed by atoms with E-state index in [4.69, 9.17) is 4.42 Å². The van der Waals surface area contributed by atoms with Crippen molar-refractivity contribution in [3.05, 3.63) is 80.1 Å². The topological polar surface area (TPSA) is 53.8 Å². The molecule has 0 unspecified atom stereocenters. The molecular formula is C22H21BrN2O3. The van der Waals surface area contributed by atoms with Gasteiger partial charge in [0.1, 0.15) is 5.58 Å². The van der Waals surface area contributed by atoms with Gasteiger partial charge >= 0.3 is 0 Å². The van der Waals surface area contributed by atoms with Crippen molar-refractivity contribution in [2.24, 2.45) is 0 Å². The first kappa shape index (κ1) is 18.9. The van der Waals surface area contributed by atoms with E-state index < -0.39 is 6.04 Å². The zero-order valence-electron chi connectivity index (χ0n) is 15.8. The Morgan fingerprint density at radius 1 is 1.07 bits per heavy atom. The highest BCUT2D eigenvalue weighted by Crippen LogP contribution is 2.38. The van der Waals surface area contributed by atoms with E-state index in [1.807, 2.05) is 44.4 Å². The lowest BCUT2D eigenvalue weighted by molar-refractivity contribution is 0.0722. The fraction of sp³-hybridized carbons (Fsp3) is 0.273. The number of hydrogen-bond donors (Lipinski definition) is 0. The highest BCUT2D eigenvalue weighted by atomic mass is 79.9. The Kier molecular flexibility index (Phi) is 5.08. The Hall–Kier alpha value is -2.44. The Morgan fingerprint density at radius 2 is 1.79 bits per heavy atom. The first-order valence-electron chi connectivity index (χ1n) is 9.24. The van der Waals surface area contributed by atoms with Gasteiger partial charge in [0.25, 0.3) is 5.91 Å². The van der Waals surface area contributed by atoms with Crippen molar-refractivity contribution in [3.8, 4) is 0 Å². The van der Waals surface area contributed by atoms with Gasteiger partial charge in [-0.1, -0.05) is 40.2 Å². The molecule has 144 valence electrons. The maximum Gasteiger partial charge on any atom is 0.290 e. The molecule has 0 saturated heterocycles. The van der Waals surface area contributed by atoms with E-state index in [1.54, 1.807) is 23.1 Å². The molecule has 1 amide bonds. The molecule has 4 rings (SSSR count). The second kappa shape index (κ2) is 7.53. The summed E-state index contributed by atoms with van der Waals surface area (Å²) in [7, 11) is 4.01. The zero-order chi connectivity index (χ0) is 19.8. The van der Waals surface area contributed by atoms with Crippen molar-refractivity contribution in [3.63, 3.8) is 0 Å². The lowest BCUT2D eigenvalue weighted by Gasteiger charge is -2.25. The minimum atomic E-state index is -0.432. The quantitative estimate of drug-likeness (QED) is 0.600. The first-order chi connectivity index (χ1) is 13.5. The van der Waals surface area contributed by atoms with Gasteiger partial charge in [-0.15, -0.1) is 0 Å². The number of nitrogens with zero attached hydrogens (tertiary/aromatic N) is 2. The summed E-state index contributed by atoms with van der Waals surface area (Å²) < 4.78 is 6.87. The predicted molar refractivity (Wildman–Crippen MR) is 113 cm³/mol. The van der Waals surface area contributed by atoms with Crippen LogP contribution in [0.15, 0.2) is 62.2 Å². The zero-order valence-corrected chi connectivity index (χ0v) is 17.4. The molecule has 1 aliphatic heterocycles. The second-order valence-corrected chi connectivity index (χ2v) is 8.20. The van der Waals surface area contributed by atoms with Crippen LogP contribution in [0.2, 0.25) is 0 Å². The number of hydrogen-bond acceptors (Lipinski definition) is 4. The average molecular weight is 441 g/mol. The summed E-state index contributed by atoms with van der Waals surface area (Å²) in [6.07, 6.45) is 0.813. The van der Waals surface area contributed by atoms with Crippen LogP contribution in [-0.2, 0) is 0 Å². The third-order valence-electron chi connectivity index (χ3n) is 5.06. The van der Waals surface area contributed by atoms with E-state index in [9.17, 15) is 9.59 Å². The van der Waals surface area contributed by atoms with Crippen LogP contribution in [-0.4, -0.2) is 42.9 Å². The van der Waals surface area contributed by atoms with Crippen LogP contribution in [0.5, 0.6) is 0 Å². The number of amides is 1. The van der Waals surface area contributed by atoms with Crippen LogP contribution in [0.1, 0.15) is 34.1 Å². The van der Waals surface area contributed by atoms with Crippen LogP contribution >= 0.6 is 15.9 Å². The molecule has 2 heterocycles. The number of halogens is 1. The Labute approximate surface area is 171 Å². The van der Waals surface area contributed by atoms with Gasteiger partial charge in [0.15, 0.2) is 5.43 Å². The molecule has 0 saturated carbocycles. The van der Waals surface area contributed by atoms with Gasteiger partial charge in [0.2, 0.25) is 5.76 Å². The molecule has 0 bridgehead atoms. The van der Waals surface area contributed by atoms with Crippen molar-refractivity contribution in [2.75, 3.05) is 27.2 Å². The number of rotatable bonds is 5. The van der Waals surface area contributed by atoms with Crippen molar-refractivity contribution in [1.29, 1.82) is 0 Å². The van der Waals surface area contributed by atoms with Crippen LogP contribution in [0.3, 0.4) is 0 Å². The van der Waals surface area contributed by atoms with Crippen LogP contribution < -0.4 is 5.43 Å². The minimum absolute atomic E-state index is 0.131. The summed E-state index contributed by atoms with van der Waals surface area (Å²) in [6, 6.07) is 14.4. The third kappa shape index (κ3) is 3.27. The number of benzene rings is 2. The SMILES string of the molecule is CN(C)CCCN1C(=O)c2oc3ccccc3c(=O)c2[C@@H]1c1ccc(Br)cc1. The van der Waals surface area contributed by atoms with Gasteiger partial charge in [-0.25, -0.2) is 0 Å². The molecule has 0 fully saturated rings. The first-order valence-corrected chi connectivity index (χ1v) is 10.0. The monoisotopic (exact) mass is 440 g/mol. The third-order valence-corrected chi connectivity index (χ3v) is 5.59. The normalized spacial score (nSPS) is 16.2. The number of fused-ring (bicyclic) bond motifs is 2. The number of carbonyl (C=O) groups is 1. The standard InChI is InChI=1S/C22H21BrN2O3/c1-24(2)12-5-13-25-19(14-8-10-15(23)11-9-14)18-20(26)16-6-3-4-7-17(16)28-21(18)22(25)27/h3-4,6-11,19H,5,12-13H2,1-2H3/t19-/m0/s1. The van der Waals surface area contributed by atoms with Crippen LogP contribution in [0, 0.1) is 0 Å². The van der Waals surface area contributed by atoms with E-state index in [0.29, 0.717) is 23.1 Å². The van der Waals surface area contributed by atoms with Crippen molar-refractivity contribution < 1.29 is 9.21 Å². The summed E-state index contributed by atoms with van der Waals surface area (Å²) in [5, 5.41) is 0.506. The van der Waals surface area contributed by atoms with E-state index in [2.05, 4.69) is 20.8 Å². The largest absolute Gasteiger partial charge is 0.450 e. The maximum atomic E-state index is 13.3. The highest BCUT2D eigenvalue weighted by molar-refractivity contribution is 9.10. The molecule has 1 atom stereocenters. The van der Waals surface area contributed by atoms with Gasteiger partial charge in [-0.3, -0.25) is 9.59 Å². The molecule has 5 nitrogen and oxygen atoms in total. The molecule has 1 aliphatic rings. The van der Waals surface area contributed by atoms with Crippen LogP contribution in [0.4, 0.5) is 0 Å². The summed E-state index contributed by atoms with van der Waals surface area (Å²) in [6.45, 7) is 1.41. The molecule has 2 aromatic carbocycles. The molecule has 28 heavy (non-hydrogen) atoms. The molecule has 0 radical (unpaired) electrons. The van der Waals surface area contributed by atoms with Crippen LogP contribution in [0.25, 0.3) is 11.0 Å². The molecular weight excluding hydrogens is 420 g/mol. The summed E-state index contributed by atoms with van der Waals surface area (Å²) >= 11 is 3.45. The molecule has 1 aromatic heterocycles. The summed E-state index contributed by atoms with van der Waals surface area (Å²) in [5.74, 6) is -0.0500. The maximum absolute atomic E-state index is 13.3. The molecule has 0 aliphatic carbocycles. The Bertz CT molecular complexity index is 1090. The Morgan fingerprint density at radius 3 is 2.50 bits per heavy atom. The fourth-order valence-electron chi connectivity index (χ4n) is 3.75. The Balaban J connectivity index is 1.86. The average Bonchev–Trinajstić information content (AvgIpc) is 2.95. The van der Waals surface area contributed by atoms with E-state index >= 15 is 0 Å². The number of carbonyl (C=O) groups excluding carboxylic acids is 1. The molecule has 3 aromatic rings.